The van der Waals surface area contributed by atoms with Crippen LogP contribution < -0.4 is 0 Å². The van der Waals surface area contributed by atoms with E-state index in [1.54, 1.807) is 11.3 Å². The zero-order valence-corrected chi connectivity index (χ0v) is 22.6. The normalized spacial score (nSPS) is 11.4. The van der Waals surface area contributed by atoms with Crippen LogP contribution in [0.4, 0.5) is 0 Å². The summed E-state index contributed by atoms with van der Waals surface area (Å²) in [5.41, 5.74) is 2.79. The second-order valence-electron chi connectivity index (χ2n) is 8.52. The Labute approximate surface area is 210 Å². The highest BCUT2D eigenvalue weighted by Crippen LogP contribution is 2.47. The fourth-order valence-electron chi connectivity index (χ4n) is 4.05. The van der Waals surface area contributed by atoms with Crippen molar-refractivity contribution < 1.29 is 0 Å². The summed E-state index contributed by atoms with van der Waals surface area (Å²) in [6, 6.07) is 14.2. The summed E-state index contributed by atoms with van der Waals surface area (Å²) in [5.74, 6) is 0. The van der Waals surface area contributed by atoms with Crippen LogP contribution in [-0.4, -0.2) is 0 Å². The highest BCUT2D eigenvalue weighted by atomic mass is 32.1. The van der Waals surface area contributed by atoms with Crippen LogP contribution in [-0.2, 0) is 12.8 Å². The molecule has 4 heterocycles. The minimum Gasteiger partial charge on any atom is -0.152 e. The SMILES string of the molecule is CCCCCCc1ccc(-c2cc(-c3ccsc3)sc2-c2ccc(CCCCCC)s2)s1. The monoisotopic (exact) mass is 498 g/mol. The maximum absolute atomic E-state index is 2.44. The zero-order valence-electron chi connectivity index (χ0n) is 19.3. The fourth-order valence-corrected chi connectivity index (χ4v) is 8.26. The summed E-state index contributed by atoms with van der Waals surface area (Å²) in [6.07, 6.45) is 13.1. The molecular weight excluding hydrogens is 465 g/mol. The van der Waals surface area contributed by atoms with Crippen LogP contribution in [0.15, 0.2) is 47.2 Å². The Morgan fingerprint density at radius 3 is 1.91 bits per heavy atom. The molecule has 0 atom stereocenters. The Morgan fingerprint density at radius 2 is 1.28 bits per heavy atom. The number of aryl methyl sites for hydroxylation is 2. The van der Waals surface area contributed by atoms with E-state index in [-0.39, 0.29) is 0 Å². The number of rotatable bonds is 13. The standard InChI is InChI=1S/C28H34S4/c1-3-5-7-9-11-22-13-15-25(30-22)24-19-27(21-17-18-29-20-21)32-28(24)26-16-14-23(31-26)12-10-8-6-4-2/h13-20H,3-12H2,1-2H3. The third kappa shape index (κ3) is 6.22. The van der Waals surface area contributed by atoms with Gasteiger partial charge in [-0.15, -0.1) is 34.0 Å². The molecule has 4 aromatic heterocycles. The van der Waals surface area contributed by atoms with Crippen LogP contribution in [0.1, 0.15) is 75.0 Å². The summed E-state index contributed by atoms with van der Waals surface area (Å²) in [7, 11) is 0. The Morgan fingerprint density at radius 1 is 0.625 bits per heavy atom. The minimum atomic E-state index is 1.22. The highest BCUT2D eigenvalue weighted by Gasteiger charge is 2.17. The first-order chi connectivity index (χ1) is 15.8. The molecule has 0 fully saturated rings. The van der Waals surface area contributed by atoms with Crippen molar-refractivity contribution in [3.8, 4) is 30.6 Å². The van der Waals surface area contributed by atoms with Crippen LogP contribution in [0.2, 0.25) is 0 Å². The van der Waals surface area contributed by atoms with E-state index < -0.39 is 0 Å². The van der Waals surface area contributed by atoms with E-state index in [4.69, 9.17) is 0 Å². The third-order valence-corrected chi connectivity index (χ3v) is 10.3. The molecule has 4 aromatic rings. The van der Waals surface area contributed by atoms with Crippen molar-refractivity contribution in [2.45, 2.75) is 78.1 Å². The van der Waals surface area contributed by atoms with Gasteiger partial charge in [-0.05, 0) is 72.8 Å². The summed E-state index contributed by atoms with van der Waals surface area (Å²) in [4.78, 5) is 8.79. The van der Waals surface area contributed by atoms with Crippen molar-refractivity contribution in [2.24, 2.45) is 0 Å². The molecule has 0 aliphatic carbocycles. The lowest BCUT2D eigenvalue weighted by molar-refractivity contribution is 0.670. The minimum absolute atomic E-state index is 1.22. The van der Waals surface area contributed by atoms with E-state index in [1.165, 1.54) is 105 Å². The van der Waals surface area contributed by atoms with Gasteiger partial charge in [-0.1, -0.05) is 52.4 Å². The summed E-state index contributed by atoms with van der Waals surface area (Å²) in [5, 5.41) is 4.47. The molecule has 0 aliphatic heterocycles. The molecule has 0 aromatic carbocycles. The Hall–Kier alpha value is -1.20. The first kappa shape index (κ1) is 23.9. The number of hydrogen-bond donors (Lipinski definition) is 0. The largest absolute Gasteiger partial charge is 0.152 e. The smallest absolute Gasteiger partial charge is 0.0535 e. The van der Waals surface area contributed by atoms with Crippen molar-refractivity contribution in [2.75, 3.05) is 0 Å². The number of unbranched alkanes of at least 4 members (excludes halogenated alkanes) is 6. The van der Waals surface area contributed by atoms with Crippen molar-refractivity contribution in [1.29, 1.82) is 0 Å². The van der Waals surface area contributed by atoms with Gasteiger partial charge >= 0.3 is 0 Å². The van der Waals surface area contributed by atoms with E-state index in [0.29, 0.717) is 0 Å². The fraction of sp³-hybridized carbons (Fsp3) is 0.429. The molecule has 0 radical (unpaired) electrons. The average Bonchev–Trinajstić information content (AvgIpc) is 3.60. The molecule has 32 heavy (non-hydrogen) atoms. The van der Waals surface area contributed by atoms with Gasteiger partial charge in [0.2, 0.25) is 0 Å². The molecule has 0 unspecified atom stereocenters. The van der Waals surface area contributed by atoms with E-state index in [9.17, 15) is 0 Å². The number of thiophene rings is 4. The van der Waals surface area contributed by atoms with Crippen molar-refractivity contribution in [3.05, 3.63) is 56.9 Å². The summed E-state index contributed by atoms with van der Waals surface area (Å²) >= 11 is 7.77. The van der Waals surface area contributed by atoms with Gasteiger partial charge in [0.1, 0.15) is 0 Å². The number of hydrogen-bond acceptors (Lipinski definition) is 4. The second-order valence-corrected chi connectivity index (χ2v) is 12.7. The van der Waals surface area contributed by atoms with Crippen LogP contribution in [0.5, 0.6) is 0 Å². The van der Waals surface area contributed by atoms with Crippen LogP contribution in [0.25, 0.3) is 30.6 Å². The van der Waals surface area contributed by atoms with Crippen molar-refractivity contribution in [1.82, 2.24) is 0 Å². The van der Waals surface area contributed by atoms with Gasteiger partial charge < -0.3 is 0 Å². The average molecular weight is 499 g/mol. The van der Waals surface area contributed by atoms with Crippen molar-refractivity contribution in [3.63, 3.8) is 0 Å². The molecule has 0 saturated heterocycles. The first-order valence-electron chi connectivity index (χ1n) is 12.1. The van der Waals surface area contributed by atoms with Gasteiger partial charge in [0.15, 0.2) is 0 Å². The molecule has 4 rings (SSSR count). The van der Waals surface area contributed by atoms with Crippen molar-refractivity contribution >= 4 is 45.3 Å². The molecule has 0 aliphatic rings. The van der Waals surface area contributed by atoms with E-state index in [1.807, 2.05) is 34.0 Å². The molecule has 0 spiro atoms. The third-order valence-electron chi connectivity index (χ3n) is 5.90. The maximum atomic E-state index is 2.44. The van der Waals surface area contributed by atoms with Crippen LogP contribution >= 0.6 is 45.3 Å². The quantitative estimate of drug-likeness (QED) is 0.161. The molecule has 170 valence electrons. The molecule has 0 amide bonds. The van der Waals surface area contributed by atoms with E-state index in [0.717, 1.165) is 0 Å². The van der Waals surface area contributed by atoms with Gasteiger partial charge in [0, 0.05) is 35.5 Å². The lowest BCUT2D eigenvalue weighted by Crippen LogP contribution is -1.80. The van der Waals surface area contributed by atoms with E-state index in [2.05, 4.69) is 61.0 Å². The Bertz CT molecular complexity index is 993. The van der Waals surface area contributed by atoms with Crippen LogP contribution in [0, 0.1) is 0 Å². The first-order valence-corrected chi connectivity index (χ1v) is 15.5. The highest BCUT2D eigenvalue weighted by molar-refractivity contribution is 7.25. The lowest BCUT2D eigenvalue weighted by atomic mass is 10.1. The Kier molecular flexibility index (Phi) is 9.21. The van der Waals surface area contributed by atoms with Gasteiger partial charge in [-0.2, -0.15) is 11.3 Å². The van der Waals surface area contributed by atoms with Gasteiger partial charge in [-0.25, -0.2) is 0 Å². The second kappa shape index (κ2) is 12.3. The van der Waals surface area contributed by atoms with E-state index >= 15 is 0 Å². The van der Waals surface area contributed by atoms with Gasteiger partial charge in [0.25, 0.3) is 0 Å². The van der Waals surface area contributed by atoms with Crippen LogP contribution in [0.3, 0.4) is 0 Å². The molecule has 0 nitrogen and oxygen atoms in total. The predicted molar refractivity (Wildman–Crippen MR) is 150 cm³/mol. The maximum Gasteiger partial charge on any atom is 0.0535 e. The predicted octanol–water partition coefficient (Wildman–Crippen LogP) is 11.2. The zero-order chi connectivity index (χ0) is 22.2. The topological polar surface area (TPSA) is 0 Å². The summed E-state index contributed by atoms with van der Waals surface area (Å²) < 4.78 is 0. The van der Waals surface area contributed by atoms with Gasteiger partial charge in [-0.3, -0.25) is 0 Å². The molecule has 0 bridgehead atoms. The van der Waals surface area contributed by atoms with Gasteiger partial charge in [0.05, 0.1) is 4.88 Å². The lowest BCUT2D eigenvalue weighted by Gasteiger charge is -2.00. The molecule has 0 N–H and O–H groups in total. The summed E-state index contributed by atoms with van der Waals surface area (Å²) in [6.45, 7) is 4.57. The molecule has 4 heteroatoms. The molecular formula is C28H34S4. The Balaban J connectivity index is 1.57. The molecule has 0 saturated carbocycles.